The topological polar surface area (TPSA) is 71.3 Å². The van der Waals surface area contributed by atoms with Gasteiger partial charge in [0.1, 0.15) is 0 Å². The van der Waals surface area contributed by atoms with Crippen LogP contribution in [0.25, 0.3) is 16.9 Å². The van der Waals surface area contributed by atoms with Gasteiger partial charge >= 0.3 is 6.03 Å². The van der Waals surface area contributed by atoms with E-state index in [9.17, 15) is 4.79 Å². The largest absolute Gasteiger partial charge is 0.323 e. The van der Waals surface area contributed by atoms with Gasteiger partial charge in [-0.15, -0.1) is 0 Å². The van der Waals surface area contributed by atoms with Gasteiger partial charge in [0.25, 0.3) is 0 Å². The summed E-state index contributed by atoms with van der Waals surface area (Å²) >= 11 is 15.3. The van der Waals surface area contributed by atoms with E-state index in [1.165, 1.54) is 0 Å². The van der Waals surface area contributed by atoms with Gasteiger partial charge in [0.2, 0.25) is 0 Å². The number of amides is 2. The van der Waals surface area contributed by atoms with Gasteiger partial charge in [0.15, 0.2) is 5.65 Å². The first-order chi connectivity index (χ1) is 13.5. The molecule has 0 saturated carbocycles. The standard InChI is InChI=1S/C19H12BrCl2N5O/c20-14-10-24-27-17(6-7-23-18(14)27)11-2-1-3-12(8-11)25-19(28)26-13-4-5-15(21)16(22)9-13/h1-10H,(H2,25,26,28). The van der Waals surface area contributed by atoms with Crippen molar-refractivity contribution in [1.82, 2.24) is 14.6 Å². The molecule has 2 amide bonds. The predicted octanol–water partition coefficient (Wildman–Crippen LogP) is 6.11. The Bertz CT molecular complexity index is 1190. The summed E-state index contributed by atoms with van der Waals surface area (Å²) in [5, 5.41) is 10.7. The van der Waals surface area contributed by atoms with Crippen LogP contribution < -0.4 is 10.6 Å². The Morgan fingerprint density at radius 1 is 1.00 bits per heavy atom. The third kappa shape index (κ3) is 3.82. The van der Waals surface area contributed by atoms with Gasteiger partial charge in [0.05, 0.1) is 26.4 Å². The maximum atomic E-state index is 12.3. The number of hydrogen-bond acceptors (Lipinski definition) is 3. The van der Waals surface area contributed by atoms with Crippen LogP contribution >= 0.6 is 39.1 Å². The van der Waals surface area contributed by atoms with Crippen molar-refractivity contribution in [2.24, 2.45) is 0 Å². The SMILES string of the molecule is O=C(Nc1cccc(-c2ccnc3c(Br)cnn23)c1)Nc1ccc(Cl)c(Cl)c1. The molecule has 2 aromatic heterocycles. The molecule has 4 rings (SSSR count). The Morgan fingerprint density at radius 2 is 1.79 bits per heavy atom. The van der Waals surface area contributed by atoms with E-state index >= 15 is 0 Å². The molecular formula is C19H12BrCl2N5O. The smallest absolute Gasteiger partial charge is 0.308 e. The second kappa shape index (κ2) is 7.79. The number of halogens is 3. The number of aromatic nitrogens is 3. The first-order valence-electron chi connectivity index (χ1n) is 8.13. The van der Waals surface area contributed by atoms with Gasteiger partial charge in [-0.1, -0.05) is 35.3 Å². The van der Waals surface area contributed by atoms with Gasteiger partial charge in [-0.25, -0.2) is 14.3 Å². The summed E-state index contributed by atoms with van der Waals surface area (Å²) in [6, 6.07) is 13.8. The van der Waals surface area contributed by atoms with Crippen LogP contribution in [0.15, 0.2) is 65.4 Å². The maximum absolute atomic E-state index is 12.3. The summed E-state index contributed by atoms with van der Waals surface area (Å²) in [5.41, 5.74) is 3.62. The summed E-state index contributed by atoms with van der Waals surface area (Å²) in [4.78, 5) is 16.6. The molecule has 0 aliphatic heterocycles. The van der Waals surface area contributed by atoms with Crippen molar-refractivity contribution in [3.05, 3.63) is 75.4 Å². The Morgan fingerprint density at radius 3 is 2.57 bits per heavy atom. The van der Waals surface area contributed by atoms with Gasteiger partial charge in [-0.05, 0) is 52.3 Å². The summed E-state index contributed by atoms with van der Waals surface area (Å²) < 4.78 is 2.54. The summed E-state index contributed by atoms with van der Waals surface area (Å²) in [7, 11) is 0. The molecule has 4 aromatic rings. The van der Waals surface area contributed by atoms with E-state index in [-0.39, 0.29) is 0 Å². The van der Waals surface area contributed by atoms with E-state index in [0.29, 0.717) is 27.1 Å². The van der Waals surface area contributed by atoms with E-state index in [0.717, 1.165) is 15.7 Å². The highest BCUT2D eigenvalue weighted by molar-refractivity contribution is 9.10. The lowest BCUT2D eigenvalue weighted by atomic mass is 10.1. The minimum absolute atomic E-state index is 0.369. The van der Waals surface area contributed by atoms with Crippen molar-refractivity contribution in [3.8, 4) is 11.3 Å². The van der Waals surface area contributed by atoms with Crippen LogP contribution in [0.3, 0.4) is 0 Å². The average Bonchev–Trinajstić information content (AvgIpc) is 3.06. The monoisotopic (exact) mass is 475 g/mol. The van der Waals surface area contributed by atoms with E-state index in [2.05, 4.69) is 36.6 Å². The third-order valence-electron chi connectivity index (χ3n) is 3.95. The molecule has 0 aliphatic carbocycles. The molecule has 0 spiro atoms. The van der Waals surface area contributed by atoms with Gasteiger partial charge < -0.3 is 10.6 Å². The molecule has 0 fully saturated rings. The van der Waals surface area contributed by atoms with Gasteiger partial charge in [0, 0.05) is 23.1 Å². The number of urea groups is 1. The minimum Gasteiger partial charge on any atom is -0.308 e. The predicted molar refractivity (Wildman–Crippen MR) is 115 cm³/mol. The zero-order valence-electron chi connectivity index (χ0n) is 14.2. The molecule has 0 atom stereocenters. The fourth-order valence-corrected chi connectivity index (χ4v) is 3.37. The van der Waals surface area contributed by atoms with Gasteiger partial charge in [-0.2, -0.15) is 5.10 Å². The zero-order chi connectivity index (χ0) is 19.7. The van der Waals surface area contributed by atoms with Crippen molar-refractivity contribution in [1.29, 1.82) is 0 Å². The van der Waals surface area contributed by atoms with Crippen molar-refractivity contribution in [2.45, 2.75) is 0 Å². The highest BCUT2D eigenvalue weighted by atomic mass is 79.9. The summed E-state index contributed by atoms with van der Waals surface area (Å²) in [6.45, 7) is 0. The fraction of sp³-hybridized carbons (Fsp3) is 0. The molecular weight excluding hydrogens is 465 g/mol. The number of hydrogen-bond donors (Lipinski definition) is 2. The highest BCUT2D eigenvalue weighted by Gasteiger charge is 2.10. The number of carbonyl (C=O) groups excluding carboxylic acids is 1. The summed E-state index contributed by atoms with van der Waals surface area (Å²) in [6.07, 6.45) is 3.41. The van der Waals surface area contributed by atoms with Crippen LogP contribution in [0.4, 0.5) is 16.2 Å². The quantitative estimate of drug-likeness (QED) is 0.374. The molecule has 28 heavy (non-hydrogen) atoms. The van der Waals surface area contributed by atoms with Crippen molar-refractivity contribution >= 4 is 62.2 Å². The number of nitrogens with zero attached hydrogens (tertiary/aromatic N) is 3. The third-order valence-corrected chi connectivity index (χ3v) is 5.25. The van der Waals surface area contributed by atoms with Crippen molar-refractivity contribution < 1.29 is 4.79 Å². The van der Waals surface area contributed by atoms with Crippen LogP contribution in [0, 0.1) is 0 Å². The van der Waals surface area contributed by atoms with E-state index in [1.807, 2.05) is 24.3 Å². The normalized spacial score (nSPS) is 10.8. The zero-order valence-corrected chi connectivity index (χ0v) is 17.3. The molecule has 0 radical (unpaired) electrons. The first-order valence-corrected chi connectivity index (χ1v) is 9.68. The van der Waals surface area contributed by atoms with E-state index in [4.69, 9.17) is 23.2 Å². The van der Waals surface area contributed by atoms with Gasteiger partial charge in [-0.3, -0.25) is 0 Å². The number of carbonyl (C=O) groups is 1. The number of nitrogens with one attached hydrogen (secondary N) is 2. The Labute approximate surface area is 178 Å². The average molecular weight is 477 g/mol. The molecule has 0 saturated heterocycles. The lowest BCUT2D eigenvalue weighted by Gasteiger charge is -2.10. The van der Waals surface area contributed by atoms with Crippen LogP contribution in [-0.4, -0.2) is 20.6 Å². The highest BCUT2D eigenvalue weighted by Crippen LogP contribution is 2.27. The molecule has 0 aliphatic rings. The molecule has 2 heterocycles. The Kier molecular flexibility index (Phi) is 5.21. The van der Waals surface area contributed by atoms with E-state index in [1.54, 1.807) is 41.2 Å². The number of rotatable bonds is 3. The fourth-order valence-electron chi connectivity index (χ4n) is 2.71. The molecule has 6 nitrogen and oxygen atoms in total. The van der Waals surface area contributed by atoms with Crippen molar-refractivity contribution in [2.75, 3.05) is 10.6 Å². The number of anilines is 2. The number of benzene rings is 2. The van der Waals surface area contributed by atoms with Crippen LogP contribution in [-0.2, 0) is 0 Å². The molecule has 0 unspecified atom stereocenters. The number of fused-ring (bicyclic) bond motifs is 1. The van der Waals surface area contributed by atoms with Crippen molar-refractivity contribution in [3.63, 3.8) is 0 Å². The molecule has 0 bridgehead atoms. The van der Waals surface area contributed by atoms with Crippen LogP contribution in [0.5, 0.6) is 0 Å². The maximum Gasteiger partial charge on any atom is 0.323 e. The van der Waals surface area contributed by atoms with E-state index < -0.39 is 6.03 Å². The van der Waals surface area contributed by atoms with Crippen LogP contribution in [0.2, 0.25) is 10.0 Å². The Hall–Kier alpha value is -2.61. The first kappa shape index (κ1) is 18.7. The lowest BCUT2D eigenvalue weighted by molar-refractivity contribution is 0.262. The molecule has 9 heteroatoms. The molecule has 140 valence electrons. The Balaban J connectivity index is 1.56. The summed E-state index contributed by atoms with van der Waals surface area (Å²) in [5.74, 6) is 0. The minimum atomic E-state index is -0.391. The molecule has 2 N–H and O–H groups in total. The second-order valence-corrected chi connectivity index (χ2v) is 7.52. The lowest BCUT2D eigenvalue weighted by Crippen LogP contribution is -2.19. The molecule has 2 aromatic carbocycles. The second-order valence-electron chi connectivity index (χ2n) is 5.85. The van der Waals surface area contributed by atoms with Crippen LogP contribution in [0.1, 0.15) is 0 Å².